The van der Waals surface area contributed by atoms with Gasteiger partial charge in [0, 0.05) is 26.7 Å². The second-order valence-electron chi connectivity index (χ2n) is 3.57. The van der Waals surface area contributed by atoms with Crippen LogP contribution in [0.1, 0.15) is 0 Å². The molecule has 0 fully saturated rings. The highest BCUT2D eigenvalue weighted by Gasteiger charge is 2.10. The third kappa shape index (κ3) is 8.49. The molecule has 0 heterocycles. The first kappa shape index (κ1) is 16.3. The van der Waals surface area contributed by atoms with Gasteiger partial charge in [0.15, 0.2) is 0 Å². The Hall–Kier alpha value is -1.66. The van der Waals surface area contributed by atoms with Gasteiger partial charge < -0.3 is 10.1 Å². The Bertz CT molecular complexity index is 282. The topological polar surface area (TPSA) is 70.7 Å². The average Bonchev–Trinajstić information content (AvgIpc) is 2.29. The molecule has 0 aliphatic carbocycles. The van der Waals surface area contributed by atoms with Crippen LogP contribution in [0.2, 0.25) is 0 Å². The summed E-state index contributed by atoms with van der Waals surface area (Å²) in [5.74, 6) is -0.367. The molecule has 102 valence electrons. The summed E-state index contributed by atoms with van der Waals surface area (Å²) in [6.45, 7) is 9.20. The number of ether oxygens (including phenoxy) is 1. The van der Waals surface area contributed by atoms with Crippen molar-refractivity contribution in [1.82, 2.24) is 15.5 Å². The standard InChI is InChI=1S/C12H21N3O3/c1-4-7-15(8-5-2)10-11(16)14-12(17)13-6-9-18-3/h4-5H,1-2,6-10H2,3H3,(H2,13,14,16,17). The molecule has 0 aromatic heterocycles. The molecule has 2 N–H and O–H groups in total. The highest BCUT2D eigenvalue weighted by Crippen LogP contribution is 1.88. The normalized spacial score (nSPS) is 9.89. The summed E-state index contributed by atoms with van der Waals surface area (Å²) in [6.07, 6.45) is 3.38. The number of carbonyl (C=O) groups is 2. The van der Waals surface area contributed by atoms with Crippen LogP contribution in [0.15, 0.2) is 25.3 Å². The number of nitrogens with one attached hydrogen (secondary N) is 2. The lowest BCUT2D eigenvalue weighted by Crippen LogP contribution is -2.45. The van der Waals surface area contributed by atoms with Gasteiger partial charge in [0.2, 0.25) is 5.91 Å². The largest absolute Gasteiger partial charge is 0.383 e. The fourth-order valence-electron chi connectivity index (χ4n) is 1.25. The molecule has 0 atom stereocenters. The molecule has 0 spiro atoms. The van der Waals surface area contributed by atoms with Crippen LogP contribution in [-0.4, -0.2) is 56.7 Å². The number of urea groups is 1. The van der Waals surface area contributed by atoms with Crippen LogP contribution in [0.4, 0.5) is 4.79 Å². The molecule has 0 aliphatic heterocycles. The number of nitrogens with zero attached hydrogens (tertiary/aromatic N) is 1. The molecule has 6 heteroatoms. The van der Waals surface area contributed by atoms with E-state index in [9.17, 15) is 9.59 Å². The molecular weight excluding hydrogens is 234 g/mol. The molecule has 0 rings (SSSR count). The molecular formula is C12H21N3O3. The summed E-state index contributed by atoms with van der Waals surface area (Å²) >= 11 is 0. The van der Waals surface area contributed by atoms with Gasteiger partial charge in [-0.05, 0) is 0 Å². The Kier molecular flexibility index (Phi) is 9.52. The van der Waals surface area contributed by atoms with Crippen molar-refractivity contribution in [3.63, 3.8) is 0 Å². The Morgan fingerprint density at radius 1 is 1.28 bits per heavy atom. The van der Waals surface area contributed by atoms with Gasteiger partial charge in [-0.15, -0.1) is 13.2 Å². The Morgan fingerprint density at radius 3 is 2.39 bits per heavy atom. The van der Waals surface area contributed by atoms with Crippen LogP contribution >= 0.6 is 0 Å². The number of hydrogen-bond donors (Lipinski definition) is 2. The summed E-state index contributed by atoms with van der Waals surface area (Å²) < 4.78 is 4.77. The first-order valence-electron chi connectivity index (χ1n) is 5.64. The SMILES string of the molecule is C=CCN(CC=C)CC(=O)NC(=O)NCCOC. The first-order valence-corrected chi connectivity index (χ1v) is 5.64. The molecule has 18 heavy (non-hydrogen) atoms. The van der Waals surface area contributed by atoms with Gasteiger partial charge >= 0.3 is 6.03 Å². The Morgan fingerprint density at radius 2 is 1.89 bits per heavy atom. The van der Waals surface area contributed by atoms with E-state index >= 15 is 0 Å². The third-order valence-electron chi connectivity index (χ3n) is 1.99. The lowest BCUT2D eigenvalue weighted by molar-refractivity contribution is -0.120. The average molecular weight is 255 g/mol. The fraction of sp³-hybridized carbons (Fsp3) is 0.500. The molecule has 0 unspecified atom stereocenters. The highest BCUT2D eigenvalue weighted by atomic mass is 16.5. The zero-order valence-corrected chi connectivity index (χ0v) is 10.8. The van der Waals surface area contributed by atoms with Crippen LogP contribution in [0.25, 0.3) is 0 Å². The second-order valence-corrected chi connectivity index (χ2v) is 3.57. The van der Waals surface area contributed by atoms with Crippen LogP contribution in [0.5, 0.6) is 0 Å². The van der Waals surface area contributed by atoms with Crippen molar-refractivity contribution >= 4 is 11.9 Å². The second kappa shape index (κ2) is 10.5. The van der Waals surface area contributed by atoms with E-state index in [0.29, 0.717) is 26.2 Å². The maximum Gasteiger partial charge on any atom is 0.321 e. The minimum atomic E-state index is -0.519. The minimum absolute atomic E-state index is 0.121. The molecule has 0 radical (unpaired) electrons. The molecule has 6 nitrogen and oxygen atoms in total. The summed E-state index contributed by atoms with van der Waals surface area (Å²) in [6, 6.07) is -0.519. The first-order chi connectivity index (χ1) is 8.63. The van der Waals surface area contributed by atoms with Crippen molar-refractivity contribution in [2.24, 2.45) is 0 Å². The summed E-state index contributed by atoms with van der Waals surface area (Å²) in [5.41, 5.74) is 0. The van der Waals surface area contributed by atoms with Crippen molar-refractivity contribution < 1.29 is 14.3 Å². The molecule has 0 bridgehead atoms. The van der Waals surface area contributed by atoms with E-state index in [-0.39, 0.29) is 12.5 Å². The van der Waals surface area contributed by atoms with E-state index in [0.717, 1.165) is 0 Å². The summed E-state index contributed by atoms with van der Waals surface area (Å²) in [5, 5.41) is 4.73. The predicted octanol–water partition coefficient (Wildman–Crippen LogP) is 0.133. The Labute approximate surface area is 108 Å². The number of methoxy groups -OCH3 is 1. The predicted molar refractivity (Wildman–Crippen MR) is 70.3 cm³/mol. The van der Waals surface area contributed by atoms with Crippen LogP contribution < -0.4 is 10.6 Å². The van der Waals surface area contributed by atoms with Gasteiger partial charge in [0.25, 0.3) is 0 Å². The van der Waals surface area contributed by atoms with Crippen molar-refractivity contribution in [3.8, 4) is 0 Å². The maximum atomic E-state index is 11.5. The van der Waals surface area contributed by atoms with Gasteiger partial charge in [-0.3, -0.25) is 15.0 Å². The van der Waals surface area contributed by atoms with Gasteiger partial charge in [-0.25, -0.2) is 4.79 Å². The lowest BCUT2D eigenvalue weighted by atomic mass is 10.4. The number of imide groups is 1. The minimum Gasteiger partial charge on any atom is -0.383 e. The monoisotopic (exact) mass is 255 g/mol. The van der Waals surface area contributed by atoms with E-state index < -0.39 is 6.03 Å². The number of rotatable bonds is 9. The molecule has 0 aromatic carbocycles. The van der Waals surface area contributed by atoms with Gasteiger partial charge in [-0.2, -0.15) is 0 Å². The van der Waals surface area contributed by atoms with Crippen LogP contribution in [-0.2, 0) is 9.53 Å². The molecule has 0 saturated heterocycles. The quantitative estimate of drug-likeness (QED) is 0.454. The van der Waals surface area contributed by atoms with Crippen LogP contribution in [0.3, 0.4) is 0 Å². The number of carbonyl (C=O) groups excluding carboxylic acids is 2. The molecule has 0 aromatic rings. The van der Waals surface area contributed by atoms with Crippen molar-refractivity contribution in [3.05, 3.63) is 25.3 Å². The molecule has 3 amide bonds. The lowest BCUT2D eigenvalue weighted by Gasteiger charge is -2.17. The summed E-state index contributed by atoms with van der Waals surface area (Å²) in [4.78, 5) is 24.6. The maximum absolute atomic E-state index is 11.5. The smallest absolute Gasteiger partial charge is 0.321 e. The van der Waals surface area contributed by atoms with E-state index in [4.69, 9.17) is 4.74 Å². The fourth-order valence-corrected chi connectivity index (χ4v) is 1.25. The molecule has 0 aliphatic rings. The van der Waals surface area contributed by atoms with E-state index in [1.54, 1.807) is 17.1 Å². The van der Waals surface area contributed by atoms with Crippen molar-refractivity contribution in [1.29, 1.82) is 0 Å². The van der Waals surface area contributed by atoms with E-state index in [1.165, 1.54) is 7.11 Å². The third-order valence-corrected chi connectivity index (χ3v) is 1.99. The van der Waals surface area contributed by atoms with Crippen LogP contribution in [0, 0.1) is 0 Å². The van der Waals surface area contributed by atoms with Gasteiger partial charge in [0.05, 0.1) is 13.2 Å². The summed E-state index contributed by atoms with van der Waals surface area (Å²) in [7, 11) is 1.53. The highest BCUT2D eigenvalue weighted by molar-refractivity contribution is 5.95. The van der Waals surface area contributed by atoms with Crippen molar-refractivity contribution in [2.75, 3.05) is 39.9 Å². The van der Waals surface area contributed by atoms with E-state index in [2.05, 4.69) is 23.8 Å². The zero-order valence-electron chi connectivity index (χ0n) is 10.8. The number of hydrogen-bond acceptors (Lipinski definition) is 4. The number of amides is 3. The van der Waals surface area contributed by atoms with Gasteiger partial charge in [0.1, 0.15) is 0 Å². The van der Waals surface area contributed by atoms with Gasteiger partial charge in [-0.1, -0.05) is 12.2 Å². The van der Waals surface area contributed by atoms with E-state index in [1.807, 2.05) is 0 Å². The van der Waals surface area contributed by atoms with Crippen molar-refractivity contribution in [2.45, 2.75) is 0 Å². The molecule has 0 saturated carbocycles. The Balaban J connectivity index is 3.95. The zero-order chi connectivity index (χ0) is 13.8.